The van der Waals surface area contributed by atoms with E-state index >= 15 is 0 Å². The van der Waals surface area contributed by atoms with Gasteiger partial charge in [-0.05, 0) is 55.7 Å². The summed E-state index contributed by atoms with van der Waals surface area (Å²) in [5.74, 6) is -0.853. The molecular formula is C21H21ClFN3O2. The monoisotopic (exact) mass is 401 g/mol. The summed E-state index contributed by atoms with van der Waals surface area (Å²) in [4.78, 5) is 29.6. The molecule has 146 valence electrons. The normalized spacial score (nSPS) is 19.0. The second kappa shape index (κ2) is 7.43. The first kappa shape index (κ1) is 18.7. The van der Waals surface area contributed by atoms with Crippen LogP contribution >= 0.6 is 11.6 Å². The summed E-state index contributed by atoms with van der Waals surface area (Å²) in [6.07, 6.45) is 4.17. The lowest BCUT2D eigenvalue weighted by molar-refractivity contribution is 0.0661. The van der Waals surface area contributed by atoms with Crippen LogP contribution < -0.4 is 10.2 Å². The molecule has 0 saturated carbocycles. The Balaban J connectivity index is 1.62. The Kier molecular flexibility index (Phi) is 4.98. The Morgan fingerprint density at radius 2 is 2.00 bits per heavy atom. The average molecular weight is 402 g/mol. The van der Waals surface area contributed by atoms with Gasteiger partial charge in [-0.3, -0.25) is 9.59 Å². The van der Waals surface area contributed by atoms with Crippen molar-refractivity contribution in [2.45, 2.75) is 31.8 Å². The van der Waals surface area contributed by atoms with E-state index in [1.165, 1.54) is 18.2 Å². The minimum Gasteiger partial charge on any atom is -0.354 e. The Labute approximate surface area is 168 Å². The molecule has 1 unspecified atom stereocenters. The molecule has 2 aliphatic rings. The fourth-order valence-electron chi connectivity index (χ4n) is 3.97. The number of hydrogen-bond donors (Lipinski definition) is 1. The van der Waals surface area contributed by atoms with Crippen LogP contribution in [0.5, 0.6) is 0 Å². The fourth-order valence-corrected chi connectivity index (χ4v) is 4.15. The molecule has 4 rings (SSSR count). The molecule has 0 bridgehead atoms. The summed E-state index contributed by atoms with van der Waals surface area (Å²) < 4.78 is 13.3. The number of rotatable bonds is 2. The van der Waals surface area contributed by atoms with Crippen LogP contribution in [0.3, 0.4) is 0 Å². The molecule has 0 spiro atoms. The molecule has 2 aromatic carbocycles. The summed E-state index contributed by atoms with van der Waals surface area (Å²) in [6.45, 7) is 0.765. The highest BCUT2D eigenvalue weighted by atomic mass is 35.5. The molecule has 2 aliphatic heterocycles. The van der Waals surface area contributed by atoms with E-state index in [2.05, 4.69) is 10.2 Å². The number of benzene rings is 2. The van der Waals surface area contributed by atoms with Crippen LogP contribution in [-0.4, -0.2) is 36.5 Å². The number of fused-ring (bicyclic) bond motifs is 2. The first-order valence-corrected chi connectivity index (χ1v) is 9.78. The summed E-state index contributed by atoms with van der Waals surface area (Å²) in [5.41, 5.74) is 2.22. The van der Waals surface area contributed by atoms with Gasteiger partial charge in [0.2, 0.25) is 0 Å². The molecule has 0 aromatic heterocycles. The van der Waals surface area contributed by atoms with Crippen LogP contribution in [0.15, 0.2) is 36.4 Å². The van der Waals surface area contributed by atoms with E-state index in [0.29, 0.717) is 16.8 Å². The standard InChI is InChI=1S/C21H21ClFN3O2/c1-25-18-11-13(20(27)24-14-7-9-17(23)16(22)12-14)6-8-15(18)21(28)26-10-4-2-3-5-19(25)26/h6-9,11-12,19H,2-5,10H2,1H3,(H,24,27). The van der Waals surface area contributed by atoms with Crippen LogP contribution in [0, 0.1) is 5.82 Å². The number of carbonyl (C=O) groups is 2. The largest absolute Gasteiger partial charge is 0.354 e. The highest BCUT2D eigenvalue weighted by Crippen LogP contribution is 2.34. The van der Waals surface area contributed by atoms with Crippen molar-refractivity contribution in [3.05, 3.63) is 58.4 Å². The third kappa shape index (κ3) is 3.33. The predicted molar refractivity (Wildman–Crippen MR) is 108 cm³/mol. The summed E-state index contributed by atoms with van der Waals surface area (Å²) >= 11 is 5.78. The van der Waals surface area contributed by atoms with Crippen molar-refractivity contribution in [2.75, 3.05) is 23.8 Å². The van der Waals surface area contributed by atoms with Crippen molar-refractivity contribution >= 4 is 34.8 Å². The number of hydrogen-bond acceptors (Lipinski definition) is 3. The van der Waals surface area contributed by atoms with Crippen molar-refractivity contribution < 1.29 is 14.0 Å². The molecule has 0 aliphatic carbocycles. The molecular weight excluding hydrogens is 381 g/mol. The molecule has 2 aromatic rings. The van der Waals surface area contributed by atoms with Gasteiger partial charge in [-0.1, -0.05) is 18.0 Å². The van der Waals surface area contributed by atoms with Gasteiger partial charge in [0.05, 0.1) is 16.3 Å². The van der Waals surface area contributed by atoms with Crippen molar-refractivity contribution in [1.82, 2.24) is 4.90 Å². The Bertz CT molecular complexity index is 949. The lowest BCUT2D eigenvalue weighted by Gasteiger charge is -2.43. The molecule has 1 N–H and O–H groups in total. The topological polar surface area (TPSA) is 52.7 Å². The maximum absolute atomic E-state index is 13.3. The highest BCUT2D eigenvalue weighted by Gasteiger charge is 2.36. The van der Waals surface area contributed by atoms with Crippen LogP contribution in [0.25, 0.3) is 0 Å². The number of nitrogens with zero attached hydrogens (tertiary/aromatic N) is 2. The molecule has 1 saturated heterocycles. The number of nitrogens with one attached hydrogen (secondary N) is 1. The molecule has 2 heterocycles. The van der Waals surface area contributed by atoms with Gasteiger partial charge in [0, 0.05) is 24.8 Å². The maximum Gasteiger partial charge on any atom is 0.257 e. The van der Waals surface area contributed by atoms with E-state index in [-0.39, 0.29) is 23.0 Å². The minimum absolute atomic E-state index is 0.0247. The molecule has 7 heteroatoms. The lowest BCUT2D eigenvalue weighted by atomic mass is 10.0. The SMILES string of the molecule is CN1c2cc(C(=O)Nc3ccc(F)c(Cl)c3)ccc2C(=O)N2CCCCCC21. The Morgan fingerprint density at radius 3 is 2.79 bits per heavy atom. The van der Waals surface area contributed by atoms with Crippen molar-refractivity contribution in [2.24, 2.45) is 0 Å². The van der Waals surface area contributed by atoms with Crippen LogP contribution in [0.1, 0.15) is 46.4 Å². The zero-order chi connectivity index (χ0) is 19.8. The predicted octanol–water partition coefficient (Wildman–Crippen LogP) is 4.52. The summed E-state index contributed by atoms with van der Waals surface area (Å²) in [5, 5.41) is 2.67. The van der Waals surface area contributed by atoms with E-state index in [4.69, 9.17) is 11.6 Å². The van der Waals surface area contributed by atoms with E-state index in [1.807, 2.05) is 11.9 Å². The maximum atomic E-state index is 13.3. The van der Waals surface area contributed by atoms with Crippen molar-refractivity contribution in [1.29, 1.82) is 0 Å². The van der Waals surface area contributed by atoms with Crippen molar-refractivity contribution in [3.63, 3.8) is 0 Å². The number of amides is 2. The smallest absolute Gasteiger partial charge is 0.257 e. The third-order valence-electron chi connectivity index (χ3n) is 5.48. The van der Waals surface area contributed by atoms with Gasteiger partial charge in [0.25, 0.3) is 11.8 Å². The molecule has 1 fully saturated rings. The van der Waals surface area contributed by atoms with E-state index in [1.54, 1.807) is 18.2 Å². The van der Waals surface area contributed by atoms with E-state index < -0.39 is 5.82 Å². The van der Waals surface area contributed by atoms with Gasteiger partial charge in [-0.15, -0.1) is 0 Å². The van der Waals surface area contributed by atoms with Gasteiger partial charge in [0.15, 0.2) is 0 Å². The minimum atomic E-state index is -0.540. The van der Waals surface area contributed by atoms with E-state index in [9.17, 15) is 14.0 Å². The van der Waals surface area contributed by atoms with Crippen LogP contribution in [0.2, 0.25) is 5.02 Å². The van der Waals surface area contributed by atoms with Crippen LogP contribution in [-0.2, 0) is 0 Å². The van der Waals surface area contributed by atoms with Gasteiger partial charge in [-0.25, -0.2) is 4.39 Å². The first-order valence-electron chi connectivity index (χ1n) is 9.40. The summed E-state index contributed by atoms with van der Waals surface area (Å²) in [6, 6.07) is 9.13. The number of anilines is 2. The van der Waals surface area contributed by atoms with E-state index in [0.717, 1.165) is 37.9 Å². The highest BCUT2D eigenvalue weighted by molar-refractivity contribution is 6.31. The number of carbonyl (C=O) groups excluding carboxylic acids is 2. The fraction of sp³-hybridized carbons (Fsp3) is 0.333. The third-order valence-corrected chi connectivity index (χ3v) is 5.77. The lowest BCUT2D eigenvalue weighted by Crippen LogP contribution is -2.53. The second-order valence-electron chi connectivity index (χ2n) is 7.25. The van der Waals surface area contributed by atoms with Crippen molar-refractivity contribution in [3.8, 4) is 0 Å². The summed E-state index contributed by atoms with van der Waals surface area (Å²) in [7, 11) is 1.97. The van der Waals surface area contributed by atoms with Gasteiger partial charge in [0.1, 0.15) is 12.0 Å². The quantitative estimate of drug-likeness (QED) is 0.804. The second-order valence-corrected chi connectivity index (χ2v) is 7.66. The first-order chi connectivity index (χ1) is 13.5. The van der Waals surface area contributed by atoms with Crippen LogP contribution in [0.4, 0.5) is 15.8 Å². The average Bonchev–Trinajstić information content (AvgIpc) is 2.95. The molecule has 5 nitrogen and oxygen atoms in total. The zero-order valence-corrected chi connectivity index (χ0v) is 16.3. The molecule has 0 radical (unpaired) electrons. The molecule has 2 amide bonds. The molecule has 28 heavy (non-hydrogen) atoms. The zero-order valence-electron chi connectivity index (χ0n) is 15.5. The van der Waals surface area contributed by atoms with Gasteiger partial charge in [-0.2, -0.15) is 0 Å². The molecule has 1 atom stereocenters. The number of halogens is 2. The van der Waals surface area contributed by atoms with Gasteiger partial charge >= 0.3 is 0 Å². The van der Waals surface area contributed by atoms with Gasteiger partial charge < -0.3 is 15.1 Å². The Morgan fingerprint density at radius 1 is 1.18 bits per heavy atom. The Hall–Kier alpha value is -2.60.